The van der Waals surface area contributed by atoms with Gasteiger partial charge in [-0.3, -0.25) is 9.69 Å². The zero-order valence-corrected chi connectivity index (χ0v) is 14.3. The van der Waals surface area contributed by atoms with E-state index in [2.05, 4.69) is 17.1 Å². The van der Waals surface area contributed by atoms with Gasteiger partial charge < -0.3 is 5.32 Å². The maximum atomic E-state index is 11.8. The Kier molecular flexibility index (Phi) is 4.96. The van der Waals surface area contributed by atoms with Gasteiger partial charge in [0, 0.05) is 41.1 Å². The highest BCUT2D eigenvalue weighted by Crippen LogP contribution is 2.32. The first-order valence-electron chi connectivity index (χ1n) is 8.04. The van der Waals surface area contributed by atoms with E-state index in [-0.39, 0.29) is 11.9 Å². The maximum Gasteiger partial charge on any atom is 0.223 e. The van der Waals surface area contributed by atoms with Crippen molar-refractivity contribution in [3.63, 3.8) is 0 Å². The van der Waals surface area contributed by atoms with Crippen molar-refractivity contribution in [1.29, 1.82) is 0 Å². The lowest BCUT2D eigenvalue weighted by Gasteiger charge is -2.36. The third-order valence-electron chi connectivity index (χ3n) is 4.78. The topological polar surface area (TPSA) is 32.3 Å². The van der Waals surface area contributed by atoms with Gasteiger partial charge in [-0.15, -0.1) is 0 Å². The summed E-state index contributed by atoms with van der Waals surface area (Å²) in [5, 5.41) is 4.67. The minimum atomic E-state index is 0.242. The van der Waals surface area contributed by atoms with Crippen molar-refractivity contribution in [2.24, 2.45) is 5.92 Å². The van der Waals surface area contributed by atoms with Gasteiger partial charge in [-0.2, -0.15) is 0 Å². The molecule has 1 atom stereocenters. The predicted octanol–water partition coefficient (Wildman–Crippen LogP) is 4.05. The van der Waals surface area contributed by atoms with E-state index in [1.165, 1.54) is 0 Å². The molecule has 1 unspecified atom stereocenters. The number of likely N-dealkylation sites (tertiary alicyclic amines) is 1. The first kappa shape index (κ1) is 16.1. The van der Waals surface area contributed by atoms with Gasteiger partial charge >= 0.3 is 0 Å². The van der Waals surface area contributed by atoms with E-state index < -0.39 is 0 Å². The molecule has 1 saturated heterocycles. The average Bonchev–Trinajstić information content (AvgIpc) is 3.34. The largest absolute Gasteiger partial charge is 0.353 e. The monoisotopic (exact) mass is 340 g/mol. The summed E-state index contributed by atoms with van der Waals surface area (Å²) in [6.45, 7) is 4.11. The van der Waals surface area contributed by atoms with E-state index in [1.54, 1.807) is 0 Å². The number of hydrogen-bond donors (Lipinski definition) is 1. The molecule has 2 aliphatic rings. The number of amides is 1. The number of benzene rings is 1. The Balaban J connectivity index is 1.56. The van der Waals surface area contributed by atoms with Crippen LogP contribution in [0.2, 0.25) is 10.0 Å². The van der Waals surface area contributed by atoms with Crippen LogP contribution in [0.4, 0.5) is 0 Å². The van der Waals surface area contributed by atoms with Crippen LogP contribution < -0.4 is 5.32 Å². The summed E-state index contributed by atoms with van der Waals surface area (Å²) in [5.41, 5.74) is 1.08. The maximum absolute atomic E-state index is 11.8. The zero-order chi connectivity index (χ0) is 15.7. The summed E-state index contributed by atoms with van der Waals surface area (Å²) in [5.74, 6) is 0.548. The van der Waals surface area contributed by atoms with Gasteiger partial charge in [0.25, 0.3) is 0 Å². The van der Waals surface area contributed by atoms with Gasteiger partial charge in [0.15, 0.2) is 0 Å². The minimum Gasteiger partial charge on any atom is -0.353 e. The van der Waals surface area contributed by atoms with E-state index in [0.29, 0.717) is 12.0 Å². The number of halogens is 2. The molecule has 1 aliphatic carbocycles. The van der Waals surface area contributed by atoms with Crippen LogP contribution in [0.1, 0.15) is 44.2 Å². The fraction of sp³-hybridized carbons (Fsp3) is 0.588. The first-order chi connectivity index (χ1) is 10.5. The molecule has 1 aromatic carbocycles. The van der Waals surface area contributed by atoms with E-state index in [1.807, 2.05) is 18.2 Å². The second-order valence-corrected chi connectivity index (χ2v) is 7.28. The van der Waals surface area contributed by atoms with E-state index in [4.69, 9.17) is 23.2 Å². The zero-order valence-electron chi connectivity index (χ0n) is 12.8. The molecule has 1 amide bonds. The highest BCUT2D eigenvalue weighted by Gasteiger charge is 2.32. The van der Waals surface area contributed by atoms with Gasteiger partial charge in [0.1, 0.15) is 0 Å². The Morgan fingerprint density at radius 3 is 2.55 bits per heavy atom. The Hall–Kier alpha value is -0.770. The molecule has 3 nitrogen and oxygen atoms in total. The summed E-state index contributed by atoms with van der Waals surface area (Å²) in [6, 6.07) is 6.20. The Morgan fingerprint density at radius 1 is 1.23 bits per heavy atom. The Bertz CT molecular complexity index is 552. The molecule has 0 spiro atoms. The lowest BCUT2D eigenvalue weighted by atomic mass is 10.00. The molecule has 120 valence electrons. The third kappa shape index (κ3) is 3.76. The van der Waals surface area contributed by atoms with Crippen molar-refractivity contribution >= 4 is 29.1 Å². The molecule has 5 heteroatoms. The highest BCUT2D eigenvalue weighted by molar-refractivity contribution is 6.33. The molecule has 2 fully saturated rings. The van der Waals surface area contributed by atoms with Crippen molar-refractivity contribution in [2.75, 3.05) is 13.1 Å². The van der Waals surface area contributed by atoms with Crippen LogP contribution in [0, 0.1) is 5.92 Å². The van der Waals surface area contributed by atoms with Gasteiger partial charge in [-0.1, -0.05) is 23.2 Å². The molecular formula is C17H22Cl2N2O. The average molecular weight is 341 g/mol. The molecule has 0 radical (unpaired) electrons. The van der Waals surface area contributed by atoms with Gasteiger partial charge in [0.05, 0.1) is 0 Å². The second kappa shape index (κ2) is 6.77. The highest BCUT2D eigenvalue weighted by atomic mass is 35.5. The molecular weight excluding hydrogens is 319 g/mol. The molecule has 1 heterocycles. The van der Waals surface area contributed by atoms with E-state index in [9.17, 15) is 4.79 Å². The van der Waals surface area contributed by atoms with Crippen molar-refractivity contribution in [2.45, 2.75) is 44.7 Å². The number of hydrogen-bond acceptors (Lipinski definition) is 2. The summed E-state index contributed by atoms with van der Waals surface area (Å²) >= 11 is 12.4. The number of nitrogens with one attached hydrogen (secondary N) is 1. The molecule has 3 rings (SSSR count). The smallest absolute Gasteiger partial charge is 0.223 e. The van der Waals surface area contributed by atoms with Crippen molar-refractivity contribution in [1.82, 2.24) is 10.2 Å². The van der Waals surface area contributed by atoms with Gasteiger partial charge in [-0.25, -0.2) is 0 Å². The van der Waals surface area contributed by atoms with Crippen LogP contribution in [-0.4, -0.2) is 29.9 Å². The number of carbonyl (C=O) groups is 1. The molecule has 0 bridgehead atoms. The number of rotatable bonds is 4. The van der Waals surface area contributed by atoms with Crippen LogP contribution in [0.15, 0.2) is 18.2 Å². The third-order valence-corrected chi connectivity index (χ3v) is 5.36. The lowest BCUT2D eigenvalue weighted by molar-refractivity contribution is -0.123. The molecule has 0 aromatic heterocycles. The second-order valence-electron chi connectivity index (χ2n) is 6.43. The molecule has 22 heavy (non-hydrogen) atoms. The summed E-state index contributed by atoms with van der Waals surface area (Å²) in [4.78, 5) is 14.2. The summed E-state index contributed by atoms with van der Waals surface area (Å²) in [7, 11) is 0. The lowest BCUT2D eigenvalue weighted by Crippen LogP contribution is -2.45. The summed E-state index contributed by atoms with van der Waals surface area (Å²) in [6.07, 6.45) is 4.13. The predicted molar refractivity (Wildman–Crippen MR) is 90.3 cm³/mol. The quantitative estimate of drug-likeness (QED) is 0.896. The Morgan fingerprint density at radius 2 is 1.91 bits per heavy atom. The Labute approximate surface area is 142 Å². The van der Waals surface area contributed by atoms with Crippen LogP contribution in [-0.2, 0) is 4.79 Å². The molecule has 1 N–H and O–H groups in total. The fourth-order valence-corrected chi connectivity index (χ4v) is 3.58. The number of nitrogens with zero attached hydrogens (tertiary/aromatic N) is 1. The first-order valence-corrected chi connectivity index (χ1v) is 8.79. The van der Waals surface area contributed by atoms with E-state index >= 15 is 0 Å². The van der Waals surface area contributed by atoms with Crippen LogP contribution >= 0.6 is 23.2 Å². The summed E-state index contributed by atoms with van der Waals surface area (Å²) < 4.78 is 0. The standard InChI is InChI=1S/C17H22Cl2N2O/c1-11(15-10-13(18)4-5-16(15)19)21-8-6-14(7-9-21)20-17(22)12-2-3-12/h4-5,10-12,14H,2-3,6-9H2,1H3,(H,20,22). The van der Waals surface area contributed by atoms with Crippen LogP contribution in [0.25, 0.3) is 0 Å². The van der Waals surface area contributed by atoms with Crippen LogP contribution in [0.3, 0.4) is 0 Å². The number of carbonyl (C=O) groups excluding carboxylic acids is 1. The SMILES string of the molecule is CC(c1cc(Cl)ccc1Cl)N1CCC(NC(=O)C2CC2)CC1. The van der Waals surface area contributed by atoms with E-state index in [0.717, 1.165) is 54.4 Å². The van der Waals surface area contributed by atoms with Crippen LogP contribution in [0.5, 0.6) is 0 Å². The van der Waals surface area contributed by atoms with Gasteiger partial charge in [-0.05, 0) is 56.4 Å². The normalized spacial score (nSPS) is 21.6. The molecule has 1 aromatic rings. The van der Waals surface area contributed by atoms with Crippen molar-refractivity contribution in [3.8, 4) is 0 Å². The minimum absolute atomic E-state index is 0.242. The molecule has 1 aliphatic heterocycles. The van der Waals surface area contributed by atoms with Crippen molar-refractivity contribution < 1.29 is 4.79 Å². The molecule has 1 saturated carbocycles. The number of piperidine rings is 1. The fourth-order valence-electron chi connectivity index (χ4n) is 3.13. The van der Waals surface area contributed by atoms with Crippen molar-refractivity contribution in [3.05, 3.63) is 33.8 Å². The van der Waals surface area contributed by atoms with Gasteiger partial charge in [0.2, 0.25) is 5.91 Å².